The Labute approximate surface area is 146 Å². The molecule has 0 aliphatic carbocycles. The Kier molecular flexibility index (Phi) is 4.24. The summed E-state index contributed by atoms with van der Waals surface area (Å²) in [5, 5.41) is 2.36. The molecule has 1 fully saturated rings. The molecule has 128 valence electrons. The van der Waals surface area contributed by atoms with Crippen LogP contribution in [0.25, 0.3) is 10.8 Å². The first-order chi connectivity index (χ1) is 12.2. The van der Waals surface area contributed by atoms with E-state index in [0.717, 1.165) is 17.1 Å². The minimum Gasteiger partial charge on any atom is -0.367 e. The third kappa shape index (κ3) is 3.42. The summed E-state index contributed by atoms with van der Waals surface area (Å²) >= 11 is 0. The lowest BCUT2D eigenvalue weighted by atomic mass is 10.0. The van der Waals surface area contributed by atoms with Crippen molar-refractivity contribution in [3.8, 4) is 0 Å². The van der Waals surface area contributed by atoms with E-state index in [1.54, 1.807) is 6.20 Å². The third-order valence-electron chi connectivity index (χ3n) is 4.62. The highest BCUT2D eigenvalue weighted by Crippen LogP contribution is 2.21. The van der Waals surface area contributed by atoms with Crippen LogP contribution in [0.1, 0.15) is 23.2 Å². The number of hydrogen-bond acceptors (Lipinski definition) is 3. The van der Waals surface area contributed by atoms with Crippen LogP contribution in [-0.2, 0) is 16.0 Å². The standard InChI is InChI=1S/C20H21N3O2/c1-14-12-21-20(22-14)18-13-23(8-9-25-18)19(24)11-15-6-7-16-4-2-3-5-17(16)10-15/h2-7,10,12,18H,8-9,11,13H2,1H3,(H,21,22)/t18-/m0/s1. The Bertz CT molecular complexity index is 903. The van der Waals surface area contributed by atoms with Gasteiger partial charge in [-0.15, -0.1) is 0 Å². The fourth-order valence-electron chi connectivity index (χ4n) is 3.27. The fraction of sp³-hybridized carbons (Fsp3) is 0.300. The highest BCUT2D eigenvalue weighted by Gasteiger charge is 2.27. The van der Waals surface area contributed by atoms with E-state index in [9.17, 15) is 4.79 Å². The fourth-order valence-corrected chi connectivity index (χ4v) is 3.27. The van der Waals surface area contributed by atoms with Crippen molar-refractivity contribution in [2.75, 3.05) is 19.7 Å². The van der Waals surface area contributed by atoms with Crippen LogP contribution in [0, 0.1) is 6.92 Å². The first kappa shape index (κ1) is 15.8. The van der Waals surface area contributed by atoms with Crippen molar-refractivity contribution in [2.45, 2.75) is 19.4 Å². The normalized spacial score (nSPS) is 17.8. The average Bonchev–Trinajstić information content (AvgIpc) is 3.08. The zero-order chi connectivity index (χ0) is 17.2. The number of imidazole rings is 1. The lowest BCUT2D eigenvalue weighted by molar-refractivity contribution is -0.138. The van der Waals surface area contributed by atoms with Gasteiger partial charge in [0.25, 0.3) is 0 Å². The number of ether oxygens (including phenoxy) is 1. The molecule has 0 bridgehead atoms. The van der Waals surface area contributed by atoms with E-state index in [4.69, 9.17) is 4.74 Å². The van der Waals surface area contributed by atoms with E-state index in [1.165, 1.54) is 10.8 Å². The molecule has 1 atom stereocenters. The minimum absolute atomic E-state index is 0.131. The molecule has 2 aromatic carbocycles. The molecular formula is C20H21N3O2. The maximum absolute atomic E-state index is 12.7. The second-order valence-electron chi connectivity index (χ2n) is 6.51. The smallest absolute Gasteiger partial charge is 0.227 e. The highest BCUT2D eigenvalue weighted by atomic mass is 16.5. The topological polar surface area (TPSA) is 58.2 Å². The number of rotatable bonds is 3. The van der Waals surface area contributed by atoms with Gasteiger partial charge < -0.3 is 14.6 Å². The molecule has 25 heavy (non-hydrogen) atoms. The molecule has 1 saturated heterocycles. The number of hydrogen-bond donors (Lipinski definition) is 1. The van der Waals surface area contributed by atoms with E-state index >= 15 is 0 Å². The van der Waals surface area contributed by atoms with Crippen molar-refractivity contribution in [1.29, 1.82) is 0 Å². The zero-order valence-corrected chi connectivity index (χ0v) is 14.2. The molecule has 0 saturated carbocycles. The Morgan fingerprint density at radius 2 is 2.12 bits per heavy atom. The van der Waals surface area contributed by atoms with Crippen LogP contribution in [-0.4, -0.2) is 40.5 Å². The molecule has 5 nitrogen and oxygen atoms in total. The van der Waals surface area contributed by atoms with E-state index in [0.29, 0.717) is 26.1 Å². The van der Waals surface area contributed by atoms with Gasteiger partial charge in [0.1, 0.15) is 11.9 Å². The summed E-state index contributed by atoms with van der Waals surface area (Å²) in [5.74, 6) is 0.924. The lowest BCUT2D eigenvalue weighted by Gasteiger charge is -2.32. The van der Waals surface area contributed by atoms with Gasteiger partial charge in [0, 0.05) is 18.4 Å². The van der Waals surface area contributed by atoms with Crippen molar-refractivity contribution >= 4 is 16.7 Å². The molecule has 1 N–H and O–H groups in total. The van der Waals surface area contributed by atoms with E-state index in [-0.39, 0.29) is 12.0 Å². The van der Waals surface area contributed by atoms with Gasteiger partial charge in [0.2, 0.25) is 5.91 Å². The van der Waals surface area contributed by atoms with E-state index in [2.05, 4.69) is 34.2 Å². The van der Waals surface area contributed by atoms with Gasteiger partial charge in [0.05, 0.1) is 19.6 Å². The zero-order valence-electron chi connectivity index (χ0n) is 14.2. The number of morpholine rings is 1. The Hall–Kier alpha value is -2.66. The number of carbonyl (C=O) groups is 1. The number of amides is 1. The summed E-state index contributed by atoms with van der Waals surface area (Å²) < 4.78 is 5.78. The molecule has 0 unspecified atom stereocenters. The monoisotopic (exact) mass is 335 g/mol. The molecule has 0 spiro atoms. The first-order valence-corrected chi connectivity index (χ1v) is 8.57. The maximum atomic E-state index is 12.7. The molecule has 0 radical (unpaired) electrons. The first-order valence-electron chi connectivity index (χ1n) is 8.57. The Morgan fingerprint density at radius 1 is 1.28 bits per heavy atom. The number of nitrogens with zero attached hydrogens (tertiary/aromatic N) is 2. The van der Waals surface area contributed by atoms with Crippen LogP contribution in [0.2, 0.25) is 0 Å². The molecule has 1 aliphatic heterocycles. The predicted octanol–water partition coefficient (Wildman–Crippen LogP) is 3.01. The van der Waals surface area contributed by atoms with Crippen LogP contribution in [0.15, 0.2) is 48.7 Å². The number of carbonyl (C=O) groups excluding carboxylic acids is 1. The maximum Gasteiger partial charge on any atom is 0.227 e. The Balaban J connectivity index is 1.46. The molecule has 1 aliphatic rings. The summed E-state index contributed by atoms with van der Waals surface area (Å²) in [6, 6.07) is 14.4. The molecule has 4 rings (SSSR count). The van der Waals surface area contributed by atoms with Crippen LogP contribution < -0.4 is 0 Å². The van der Waals surface area contributed by atoms with Gasteiger partial charge in [-0.25, -0.2) is 4.98 Å². The van der Waals surface area contributed by atoms with Crippen LogP contribution in [0.3, 0.4) is 0 Å². The lowest BCUT2D eigenvalue weighted by Crippen LogP contribution is -2.43. The molecule has 3 aromatic rings. The minimum atomic E-state index is -0.178. The van der Waals surface area contributed by atoms with E-state index in [1.807, 2.05) is 30.0 Å². The van der Waals surface area contributed by atoms with Gasteiger partial charge in [-0.2, -0.15) is 0 Å². The number of nitrogens with one attached hydrogen (secondary N) is 1. The van der Waals surface area contributed by atoms with Crippen molar-refractivity contribution in [3.05, 3.63) is 65.7 Å². The van der Waals surface area contributed by atoms with Gasteiger partial charge in [-0.1, -0.05) is 42.5 Å². The predicted molar refractivity (Wildman–Crippen MR) is 96.2 cm³/mol. The second-order valence-corrected chi connectivity index (χ2v) is 6.51. The van der Waals surface area contributed by atoms with Crippen molar-refractivity contribution < 1.29 is 9.53 Å². The number of benzene rings is 2. The van der Waals surface area contributed by atoms with Crippen LogP contribution in [0.4, 0.5) is 0 Å². The molecule has 1 amide bonds. The molecular weight excluding hydrogens is 314 g/mol. The average molecular weight is 335 g/mol. The van der Waals surface area contributed by atoms with Crippen molar-refractivity contribution in [2.24, 2.45) is 0 Å². The number of aromatic nitrogens is 2. The summed E-state index contributed by atoms with van der Waals surface area (Å²) in [5.41, 5.74) is 2.04. The number of H-pyrrole nitrogens is 1. The summed E-state index contributed by atoms with van der Waals surface area (Å²) in [6.07, 6.45) is 2.02. The van der Waals surface area contributed by atoms with Crippen LogP contribution >= 0.6 is 0 Å². The number of aryl methyl sites for hydroxylation is 1. The van der Waals surface area contributed by atoms with E-state index < -0.39 is 0 Å². The van der Waals surface area contributed by atoms with Gasteiger partial charge in [-0.05, 0) is 23.3 Å². The Morgan fingerprint density at radius 3 is 2.92 bits per heavy atom. The molecule has 5 heteroatoms. The molecule has 2 heterocycles. The summed E-state index contributed by atoms with van der Waals surface area (Å²) in [7, 11) is 0. The van der Waals surface area contributed by atoms with Crippen molar-refractivity contribution in [1.82, 2.24) is 14.9 Å². The van der Waals surface area contributed by atoms with Crippen molar-refractivity contribution in [3.63, 3.8) is 0 Å². The SMILES string of the molecule is Cc1cnc([C@@H]2CN(C(=O)Cc3ccc4ccccc4c3)CCO2)[nH]1. The third-order valence-corrected chi connectivity index (χ3v) is 4.62. The number of fused-ring (bicyclic) bond motifs is 1. The largest absolute Gasteiger partial charge is 0.367 e. The summed E-state index contributed by atoms with van der Waals surface area (Å²) in [6.45, 7) is 3.66. The van der Waals surface area contributed by atoms with Crippen LogP contribution in [0.5, 0.6) is 0 Å². The van der Waals surface area contributed by atoms with Gasteiger partial charge >= 0.3 is 0 Å². The summed E-state index contributed by atoms with van der Waals surface area (Å²) in [4.78, 5) is 22.1. The molecule has 1 aromatic heterocycles. The highest BCUT2D eigenvalue weighted by molar-refractivity contribution is 5.85. The van der Waals surface area contributed by atoms with Gasteiger partial charge in [-0.3, -0.25) is 4.79 Å². The second kappa shape index (κ2) is 6.69. The van der Waals surface area contributed by atoms with Gasteiger partial charge in [0.15, 0.2) is 0 Å². The quantitative estimate of drug-likeness (QED) is 0.800. The number of aromatic amines is 1.